The summed E-state index contributed by atoms with van der Waals surface area (Å²) in [7, 11) is 0. The molecule has 1 amide bonds. The van der Waals surface area contributed by atoms with Gasteiger partial charge in [0, 0.05) is 23.6 Å². The van der Waals surface area contributed by atoms with Gasteiger partial charge in [0.25, 0.3) is 5.91 Å². The molecule has 1 atom stereocenters. The summed E-state index contributed by atoms with van der Waals surface area (Å²) in [5, 5.41) is 3.85. The van der Waals surface area contributed by atoms with Crippen molar-refractivity contribution in [2.75, 3.05) is 13.2 Å². The molecule has 2 aromatic carbocycles. The van der Waals surface area contributed by atoms with E-state index in [1.165, 1.54) is 5.56 Å². The highest BCUT2D eigenvalue weighted by Gasteiger charge is 2.19. The first-order valence-electron chi connectivity index (χ1n) is 9.65. The van der Waals surface area contributed by atoms with Gasteiger partial charge >= 0.3 is 5.63 Å². The Bertz CT molecular complexity index is 1060. The predicted molar refractivity (Wildman–Crippen MR) is 108 cm³/mol. The van der Waals surface area contributed by atoms with Gasteiger partial charge in [0.1, 0.15) is 11.3 Å². The Morgan fingerprint density at radius 3 is 2.75 bits per heavy atom. The van der Waals surface area contributed by atoms with Crippen molar-refractivity contribution in [3.8, 4) is 5.75 Å². The molecule has 0 aliphatic heterocycles. The second-order valence-electron chi connectivity index (χ2n) is 7.26. The average molecular weight is 377 g/mol. The number of fused-ring (bicyclic) bond motifs is 3. The normalized spacial score (nSPS) is 13.9. The van der Waals surface area contributed by atoms with Crippen LogP contribution in [0.25, 0.3) is 11.0 Å². The van der Waals surface area contributed by atoms with Crippen LogP contribution in [-0.2, 0) is 17.6 Å². The monoisotopic (exact) mass is 377 g/mol. The fraction of sp³-hybridized carbons (Fsp3) is 0.304. The lowest BCUT2D eigenvalue weighted by molar-refractivity contribution is -0.123. The molecule has 5 nitrogen and oxygen atoms in total. The van der Waals surface area contributed by atoms with Gasteiger partial charge in [-0.3, -0.25) is 4.79 Å². The number of hydrogen-bond acceptors (Lipinski definition) is 4. The summed E-state index contributed by atoms with van der Waals surface area (Å²) in [5.41, 5.74) is 3.32. The van der Waals surface area contributed by atoms with Gasteiger partial charge in [-0.15, -0.1) is 0 Å². The molecule has 0 fully saturated rings. The summed E-state index contributed by atoms with van der Waals surface area (Å²) in [6.07, 6.45) is 2.67. The Balaban J connectivity index is 1.37. The average Bonchev–Trinajstić information content (AvgIpc) is 3.22. The van der Waals surface area contributed by atoms with Gasteiger partial charge in [0.2, 0.25) is 0 Å². The first kappa shape index (κ1) is 18.3. The lowest BCUT2D eigenvalue weighted by atomic mass is 10.0. The van der Waals surface area contributed by atoms with Crippen LogP contribution in [0, 0.1) is 0 Å². The number of carbonyl (C=O) groups excluding carboxylic acids is 1. The van der Waals surface area contributed by atoms with E-state index in [4.69, 9.17) is 9.15 Å². The Hall–Kier alpha value is -3.08. The van der Waals surface area contributed by atoms with Gasteiger partial charge in [-0.2, -0.15) is 0 Å². The number of benzene rings is 2. The maximum Gasteiger partial charge on any atom is 0.339 e. The number of carbonyl (C=O) groups is 1. The van der Waals surface area contributed by atoms with E-state index in [0.29, 0.717) is 17.9 Å². The highest BCUT2D eigenvalue weighted by atomic mass is 16.5. The Morgan fingerprint density at radius 2 is 1.93 bits per heavy atom. The molecule has 1 aliphatic rings. The topological polar surface area (TPSA) is 68.5 Å². The van der Waals surface area contributed by atoms with Crippen molar-refractivity contribution < 1.29 is 13.9 Å². The van der Waals surface area contributed by atoms with Crippen molar-refractivity contribution in [3.05, 3.63) is 75.6 Å². The quantitative estimate of drug-likeness (QED) is 0.667. The number of hydrogen-bond donors (Lipinski definition) is 1. The smallest absolute Gasteiger partial charge is 0.339 e. The summed E-state index contributed by atoms with van der Waals surface area (Å²) in [6.45, 7) is 2.54. The Kier molecular flexibility index (Phi) is 5.15. The molecule has 0 spiro atoms. The molecule has 28 heavy (non-hydrogen) atoms. The van der Waals surface area contributed by atoms with Gasteiger partial charge in [0.15, 0.2) is 6.61 Å². The molecule has 144 valence electrons. The lowest BCUT2D eigenvalue weighted by Gasteiger charge is -2.13. The second-order valence-corrected chi connectivity index (χ2v) is 7.26. The molecule has 0 radical (unpaired) electrons. The Morgan fingerprint density at radius 1 is 1.14 bits per heavy atom. The van der Waals surface area contributed by atoms with Crippen molar-refractivity contribution in [3.63, 3.8) is 0 Å². The summed E-state index contributed by atoms with van der Waals surface area (Å²) in [4.78, 5) is 24.2. The minimum Gasteiger partial charge on any atom is -0.484 e. The van der Waals surface area contributed by atoms with Crippen molar-refractivity contribution >= 4 is 16.9 Å². The van der Waals surface area contributed by atoms with Crippen LogP contribution in [-0.4, -0.2) is 19.1 Å². The van der Waals surface area contributed by atoms with E-state index in [0.717, 1.165) is 35.8 Å². The maximum atomic E-state index is 12.1. The van der Waals surface area contributed by atoms with Crippen molar-refractivity contribution in [1.82, 2.24) is 5.32 Å². The number of amides is 1. The SMILES string of the molecule is CC(CNC(=O)COc1ccc2c3c(c(=O)oc2c1)CCC3)c1ccccc1. The zero-order chi connectivity index (χ0) is 19.5. The van der Waals surface area contributed by atoms with Crippen LogP contribution in [0.2, 0.25) is 0 Å². The molecule has 1 unspecified atom stereocenters. The molecule has 4 rings (SSSR count). The minimum absolute atomic E-state index is 0.0812. The van der Waals surface area contributed by atoms with Crippen molar-refractivity contribution in [1.29, 1.82) is 0 Å². The third kappa shape index (κ3) is 3.79. The summed E-state index contributed by atoms with van der Waals surface area (Å²) in [5.74, 6) is 0.556. The van der Waals surface area contributed by atoms with Crippen molar-refractivity contribution in [2.45, 2.75) is 32.1 Å². The summed E-state index contributed by atoms with van der Waals surface area (Å²) >= 11 is 0. The minimum atomic E-state index is -0.259. The van der Waals surface area contributed by atoms with Crippen LogP contribution in [0.5, 0.6) is 5.75 Å². The second kappa shape index (κ2) is 7.89. The van der Waals surface area contributed by atoms with E-state index >= 15 is 0 Å². The number of nitrogens with one attached hydrogen (secondary N) is 1. The molecule has 0 bridgehead atoms. The first-order chi connectivity index (χ1) is 13.6. The first-order valence-corrected chi connectivity index (χ1v) is 9.65. The van der Waals surface area contributed by atoms with E-state index in [9.17, 15) is 9.59 Å². The third-order valence-corrected chi connectivity index (χ3v) is 5.29. The summed E-state index contributed by atoms with van der Waals surface area (Å²) < 4.78 is 11.0. The third-order valence-electron chi connectivity index (χ3n) is 5.29. The van der Waals surface area contributed by atoms with Crippen LogP contribution in [0.4, 0.5) is 0 Å². The van der Waals surface area contributed by atoms with Gasteiger partial charge in [-0.25, -0.2) is 4.79 Å². The molecule has 1 aromatic heterocycles. The largest absolute Gasteiger partial charge is 0.484 e. The van der Waals surface area contributed by atoms with E-state index < -0.39 is 0 Å². The van der Waals surface area contributed by atoms with Crippen LogP contribution >= 0.6 is 0 Å². The fourth-order valence-electron chi connectivity index (χ4n) is 3.72. The van der Waals surface area contributed by atoms with Crippen LogP contribution in [0.1, 0.15) is 36.0 Å². The van der Waals surface area contributed by atoms with E-state index in [1.807, 2.05) is 42.5 Å². The van der Waals surface area contributed by atoms with Crippen LogP contribution < -0.4 is 15.7 Å². The summed E-state index contributed by atoms with van der Waals surface area (Å²) in [6, 6.07) is 15.5. The molecule has 1 heterocycles. The van der Waals surface area contributed by atoms with Crippen LogP contribution in [0.15, 0.2) is 57.7 Å². The molecule has 1 aliphatic carbocycles. The highest BCUT2D eigenvalue weighted by molar-refractivity contribution is 5.83. The van der Waals surface area contributed by atoms with Crippen LogP contribution in [0.3, 0.4) is 0 Å². The van der Waals surface area contributed by atoms with Crippen molar-refractivity contribution in [2.24, 2.45) is 0 Å². The zero-order valence-electron chi connectivity index (χ0n) is 15.9. The molecular formula is C23H23NO4. The van der Waals surface area contributed by atoms with E-state index in [2.05, 4.69) is 12.2 Å². The number of ether oxygens (including phenoxy) is 1. The maximum absolute atomic E-state index is 12.1. The van der Waals surface area contributed by atoms with Gasteiger partial charge in [0.05, 0.1) is 0 Å². The van der Waals surface area contributed by atoms with E-state index in [-0.39, 0.29) is 24.1 Å². The number of rotatable bonds is 6. The predicted octanol–water partition coefficient (Wildman–Crippen LogP) is 3.58. The lowest BCUT2D eigenvalue weighted by Crippen LogP contribution is -2.31. The van der Waals surface area contributed by atoms with Gasteiger partial charge in [-0.1, -0.05) is 37.3 Å². The molecular weight excluding hydrogens is 354 g/mol. The fourth-order valence-corrected chi connectivity index (χ4v) is 3.72. The zero-order valence-corrected chi connectivity index (χ0v) is 15.9. The molecule has 5 heteroatoms. The Labute approximate surface area is 163 Å². The number of aryl methyl sites for hydroxylation is 1. The molecule has 3 aromatic rings. The van der Waals surface area contributed by atoms with Gasteiger partial charge < -0.3 is 14.5 Å². The highest BCUT2D eigenvalue weighted by Crippen LogP contribution is 2.29. The van der Waals surface area contributed by atoms with E-state index in [1.54, 1.807) is 6.07 Å². The molecule has 1 N–H and O–H groups in total. The van der Waals surface area contributed by atoms with Gasteiger partial charge in [-0.05, 0) is 48.4 Å². The molecule has 0 saturated carbocycles. The standard InChI is InChI=1S/C23H23NO4/c1-15(16-6-3-2-4-7-16)13-24-22(25)14-27-17-10-11-19-18-8-5-9-20(18)23(26)28-21(19)12-17/h2-4,6-7,10-12,15H,5,8-9,13-14H2,1H3,(H,24,25). The molecule has 0 saturated heterocycles.